The van der Waals surface area contributed by atoms with Gasteiger partial charge in [0.2, 0.25) is 5.91 Å². The summed E-state index contributed by atoms with van der Waals surface area (Å²) in [7, 11) is 1.60. The van der Waals surface area contributed by atoms with Crippen molar-refractivity contribution in [2.45, 2.75) is 40.2 Å². The maximum absolute atomic E-state index is 13.3. The van der Waals surface area contributed by atoms with Crippen LogP contribution in [0.5, 0.6) is 5.75 Å². The fourth-order valence-corrected chi connectivity index (χ4v) is 4.00. The molecule has 1 aromatic carbocycles. The first-order valence-electron chi connectivity index (χ1n) is 11.0. The number of esters is 1. The van der Waals surface area contributed by atoms with Crippen molar-refractivity contribution < 1.29 is 23.9 Å². The van der Waals surface area contributed by atoms with Crippen molar-refractivity contribution in [3.05, 3.63) is 52.6 Å². The second-order valence-corrected chi connectivity index (χ2v) is 8.01. The van der Waals surface area contributed by atoms with E-state index in [4.69, 9.17) is 9.47 Å². The number of aromatic nitrogens is 2. The number of ether oxygens (including phenoxy) is 2. The minimum atomic E-state index is -0.611. The van der Waals surface area contributed by atoms with Crippen LogP contribution in [0.2, 0.25) is 0 Å². The fourth-order valence-electron chi connectivity index (χ4n) is 4.00. The van der Waals surface area contributed by atoms with E-state index in [9.17, 15) is 14.4 Å². The van der Waals surface area contributed by atoms with Gasteiger partial charge in [0.05, 0.1) is 25.8 Å². The molecule has 2 amide bonds. The third kappa shape index (κ3) is 5.47. The van der Waals surface area contributed by atoms with E-state index in [0.29, 0.717) is 31.2 Å². The first-order valence-corrected chi connectivity index (χ1v) is 11.0. The summed E-state index contributed by atoms with van der Waals surface area (Å²) in [6.07, 6.45) is 0.277. The van der Waals surface area contributed by atoms with Gasteiger partial charge in [-0.3, -0.25) is 9.59 Å². The third-order valence-corrected chi connectivity index (χ3v) is 5.63. The summed E-state index contributed by atoms with van der Waals surface area (Å²) in [4.78, 5) is 50.6. The number of piperazine rings is 1. The van der Waals surface area contributed by atoms with E-state index < -0.39 is 5.97 Å². The van der Waals surface area contributed by atoms with Gasteiger partial charge in [-0.25, -0.2) is 14.8 Å². The van der Waals surface area contributed by atoms with Crippen molar-refractivity contribution in [3.8, 4) is 5.75 Å². The second kappa shape index (κ2) is 10.4. The Morgan fingerprint density at radius 3 is 2.39 bits per heavy atom. The lowest BCUT2D eigenvalue weighted by Gasteiger charge is -2.40. The standard InChI is InChI=1S/C24H30N4O5/c1-6-33-24(31)21-16(3)25-17(4)26-22(21)23(30)27-11-12-28(15(2)14-27)20(29)13-18-7-9-19(32-5)10-8-18/h7-10,15H,6,11-14H2,1-5H3. The molecule has 1 atom stereocenters. The van der Waals surface area contributed by atoms with E-state index in [2.05, 4.69) is 9.97 Å². The van der Waals surface area contributed by atoms with Crippen LogP contribution >= 0.6 is 0 Å². The maximum Gasteiger partial charge on any atom is 0.342 e. The van der Waals surface area contributed by atoms with Crippen LogP contribution in [0.25, 0.3) is 0 Å². The second-order valence-electron chi connectivity index (χ2n) is 8.01. The Morgan fingerprint density at radius 2 is 1.79 bits per heavy atom. The van der Waals surface area contributed by atoms with Gasteiger partial charge in [0.1, 0.15) is 22.8 Å². The number of hydrogen-bond acceptors (Lipinski definition) is 7. The summed E-state index contributed by atoms with van der Waals surface area (Å²) < 4.78 is 10.3. The molecule has 176 valence electrons. The van der Waals surface area contributed by atoms with Gasteiger partial charge in [-0.2, -0.15) is 0 Å². The molecule has 1 unspecified atom stereocenters. The number of carbonyl (C=O) groups is 3. The molecule has 0 N–H and O–H groups in total. The Labute approximate surface area is 193 Å². The Balaban J connectivity index is 1.72. The minimum Gasteiger partial charge on any atom is -0.497 e. The van der Waals surface area contributed by atoms with Crippen molar-refractivity contribution >= 4 is 17.8 Å². The number of nitrogens with zero attached hydrogens (tertiary/aromatic N) is 4. The molecule has 0 aliphatic carbocycles. The minimum absolute atomic E-state index is 0.000651. The number of methoxy groups -OCH3 is 1. The summed E-state index contributed by atoms with van der Waals surface area (Å²) in [6.45, 7) is 8.24. The van der Waals surface area contributed by atoms with Gasteiger partial charge in [0, 0.05) is 25.7 Å². The molecule has 1 saturated heterocycles. The van der Waals surface area contributed by atoms with Crippen molar-refractivity contribution in [1.29, 1.82) is 0 Å². The number of hydrogen-bond donors (Lipinski definition) is 0. The smallest absolute Gasteiger partial charge is 0.342 e. The van der Waals surface area contributed by atoms with Gasteiger partial charge in [0.15, 0.2) is 0 Å². The largest absolute Gasteiger partial charge is 0.497 e. The molecule has 1 fully saturated rings. The molecule has 1 aromatic heterocycles. The van der Waals surface area contributed by atoms with Gasteiger partial charge in [0.25, 0.3) is 5.91 Å². The van der Waals surface area contributed by atoms with Crippen molar-refractivity contribution in [1.82, 2.24) is 19.8 Å². The molecule has 0 spiro atoms. The Bertz CT molecular complexity index is 1040. The van der Waals surface area contributed by atoms with E-state index in [1.807, 2.05) is 31.2 Å². The highest BCUT2D eigenvalue weighted by molar-refractivity contribution is 6.04. The summed E-state index contributed by atoms with van der Waals surface area (Å²) in [5.74, 6) is 0.176. The monoisotopic (exact) mass is 454 g/mol. The van der Waals surface area contributed by atoms with E-state index in [-0.39, 0.29) is 42.1 Å². The first-order chi connectivity index (χ1) is 15.7. The van der Waals surface area contributed by atoms with E-state index in [1.165, 1.54) is 0 Å². The van der Waals surface area contributed by atoms with Crippen LogP contribution in [-0.4, -0.2) is 76.9 Å². The van der Waals surface area contributed by atoms with Crippen molar-refractivity contribution in [3.63, 3.8) is 0 Å². The highest BCUT2D eigenvalue weighted by Crippen LogP contribution is 2.19. The fraction of sp³-hybridized carbons (Fsp3) is 0.458. The summed E-state index contributed by atoms with van der Waals surface area (Å²) >= 11 is 0. The average molecular weight is 455 g/mol. The topological polar surface area (TPSA) is 102 Å². The number of benzene rings is 1. The molecule has 9 nitrogen and oxygen atoms in total. The van der Waals surface area contributed by atoms with Crippen LogP contribution in [-0.2, 0) is 16.0 Å². The van der Waals surface area contributed by atoms with Crippen LogP contribution in [0.3, 0.4) is 0 Å². The Morgan fingerprint density at radius 1 is 1.09 bits per heavy atom. The molecule has 0 saturated carbocycles. The van der Waals surface area contributed by atoms with Crippen LogP contribution in [0.4, 0.5) is 0 Å². The number of amides is 2. The van der Waals surface area contributed by atoms with Gasteiger partial charge in [-0.1, -0.05) is 12.1 Å². The van der Waals surface area contributed by atoms with E-state index in [0.717, 1.165) is 11.3 Å². The summed E-state index contributed by atoms with van der Waals surface area (Å²) in [5, 5.41) is 0. The zero-order chi connectivity index (χ0) is 24.1. The quantitative estimate of drug-likeness (QED) is 0.617. The summed E-state index contributed by atoms with van der Waals surface area (Å²) in [6, 6.07) is 7.23. The number of rotatable bonds is 6. The first kappa shape index (κ1) is 24.2. The van der Waals surface area contributed by atoms with Gasteiger partial charge < -0.3 is 19.3 Å². The number of aryl methyl sites for hydroxylation is 2. The lowest BCUT2D eigenvalue weighted by atomic mass is 10.1. The molecule has 3 rings (SSSR count). The molecule has 1 aliphatic rings. The third-order valence-electron chi connectivity index (χ3n) is 5.63. The van der Waals surface area contributed by atoms with Crippen LogP contribution in [0.1, 0.15) is 51.8 Å². The number of carbonyl (C=O) groups excluding carboxylic acids is 3. The van der Waals surface area contributed by atoms with E-state index in [1.54, 1.807) is 37.7 Å². The predicted octanol–water partition coefficient (Wildman–Crippen LogP) is 2.19. The molecule has 33 heavy (non-hydrogen) atoms. The van der Waals surface area contributed by atoms with Crippen molar-refractivity contribution in [2.24, 2.45) is 0 Å². The van der Waals surface area contributed by atoms with Gasteiger partial charge in [-0.15, -0.1) is 0 Å². The molecule has 0 bridgehead atoms. The molecule has 2 heterocycles. The van der Waals surface area contributed by atoms with Crippen LogP contribution in [0.15, 0.2) is 24.3 Å². The lowest BCUT2D eigenvalue weighted by Crippen LogP contribution is -2.56. The molecule has 2 aromatic rings. The normalized spacial score (nSPS) is 15.8. The van der Waals surface area contributed by atoms with Crippen molar-refractivity contribution in [2.75, 3.05) is 33.4 Å². The predicted molar refractivity (Wildman–Crippen MR) is 121 cm³/mol. The highest BCUT2D eigenvalue weighted by atomic mass is 16.5. The zero-order valence-electron chi connectivity index (χ0n) is 19.8. The SMILES string of the molecule is CCOC(=O)c1c(C)nc(C)nc1C(=O)N1CCN(C(=O)Cc2ccc(OC)cc2)C(C)C1. The Hall–Kier alpha value is -3.49. The molecule has 9 heteroatoms. The van der Waals surface area contributed by atoms with Gasteiger partial charge >= 0.3 is 5.97 Å². The lowest BCUT2D eigenvalue weighted by molar-refractivity contribution is -0.134. The summed E-state index contributed by atoms with van der Waals surface area (Å²) in [5.41, 5.74) is 1.45. The zero-order valence-corrected chi connectivity index (χ0v) is 19.8. The molecule has 0 radical (unpaired) electrons. The Kier molecular flexibility index (Phi) is 7.63. The average Bonchev–Trinajstić information content (AvgIpc) is 2.78. The van der Waals surface area contributed by atoms with Crippen LogP contribution in [0, 0.1) is 13.8 Å². The molecule has 1 aliphatic heterocycles. The van der Waals surface area contributed by atoms with Gasteiger partial charge in [-0.05, 0) is 45.4 Å². The maximum atomic E-state index is 13.3. The van der Waals surface area contributed by atoms with Crippen LogP contribution < -0.4 is 4.74 Å². The van der Waals surface area contributed by atoms with E-state index >= 15 is 0 Å². The molecular formula is C24H30N4O5. The highest BCUT2D eigenvalue weighted by Gasteiger charge is 2.33. The molecular weight excluding hydrogens is 424 g/mol.